The van der Waals surface area contributed by atoms with E-state index >= 15 is 0 Å². The van der Waals surface area contributed by atoms with Gasteiger partial charge in [-0.2, -0.15) is 0 Å². The fourth-order valence-electron chi connectivity index (χ4n) is 0.447. The molecule has 0 bridgehead atoms. The molecule has 0 aliphatic carbocycles. The Kier molecular flexibility index (Phi) is 2.92. The Bertz CT molecular complexity index is 120. The molecule has 2 heteroatoms. The fraction of sp³-hybridized carbons (Fsp3) is 0.500. The average molecular weight is 113 g/mol. The normalized spacial score (nSPS) is 11.1. The fourth-order valence-corrected chi connectivity index (χ4v) is 0.447. The first-order chi connectivity index (χ1) is 3.66. The van der Waals surface area contributed by atoms with Gasteiger partial charge in [0.15, 0.2) is 0 Å². The predicted octanol–water partition coefficient (Wildman–Crippen LogP) is 1.80. The van der Waals surface area contributed by atoms with Gasteiger partial charge in [-0.3, -0.25) is 0 Å². The van der Waals surface area contributed by atoms with Crippen LogP contribution in [0.3, 0.4) is 0 Å². The number of rotatable bonds is 1. The third kappa shape index (κ3) is 3.40. The molecule has 46 valence electrons. The van der Waals surface area contributed by atoms with Crippen molar-refractivity contribution in [2.24, 2.45) is 5.16 Å². The first-order valence-electron chi connectivity index (χ1n) is 2.50. The third-order valence-corrected chi connectivity index (χ3v) is 0.655. The van der Waals surface area contributed by atoms with Gasteiger partial charge in [-0.1, -0.05) is 10.7 Å². The van der Waals surface area contributed by atoms with Crippen molar-refractivity contribution in [1.82, 2.24) is 0 Å². The summed E-state index contributed by atoms with van der Waals surface area (Å²) in [5, 5.41) is 11.1. The van der Waals surface area contributed by atoms with E-state index in [4.69, 9.17) is 5.21 Å². The highest BCUT2D eigenvalue weighted by Gasteiger charge is 1.80. The summed E-state index contributed by atoms with van der Waals surface area (Å²) in [4.78, 5) is 0. The molecular weight excluding hydrogens is 102 g/mol. The molecular formula is C6H11NO. The van der Waals surface area contributed by atoms with Crippen molar-refractivity contribution in [2.45, 2.75) is 20.8 Å². The maximum atomic E-state index is 8.13. The maximum absolute atomic E-state index is 8.13. The molecule has 0 atom stereocenters. The van der Waals surface area contributed by atoms with Gasteiger partial charge in [-0.15, -0.1) is 0 Å². The van der Waals surface area contributed by atoms with Crippen molar-refractivity contribution < 1.29 is 5.21 Å². The van der Waals surface area contributed by atoms with Crippen LogP contribution in [-0.2, 0) is 0 Å². The van der Waals surface area contributed by atoms with E-state index in [0.717, 1.165) is 5.57 Å². The summed E-state index contributed by atoms with van der Waals surface area (Å²) in [6.45, 7) is 5.65. The van der Waals surface area contributed by atoms with E-state index in [9.17, 15) is 0 Å². The Labute approximate surface area is 49.5 Å². The van der Waals surface area contributed by atoms with Crippen molar-refractivity contribution >= 4 is 5.71 Å². The predicted molar refractivity (Wildman–Crippen MR) is 34.3 cm³/mol. The number of hydrogen-bond donors (Lipinski definition) is 1. The standard InChI is InChI=1S/C6H11NO/c1-5(2)4-6(3)7-8/h4,8H,1-3H3/b7-6-. The molecule has 0 rings (SSSR count). The van der Waals surface area contributed by atoms with Crippen molar-refractivity contribution in [3.63, 3.8) is 0 Å². The van der Waals surface area contributed by atoms with E-state index in [2.05, 4.69) is 5.16 Å². The van der Waals surface area contributed by atoms with Crippen LogP contribution < -0.4 is 0 Å². The number of nitrogens with zero attached hydrogens (tertiary/aromatic N) is 1. The van der Waals surface area contributed by atoms with Gasteiger partial charge < -0.3 is 5.21 Å². The molecule has 1 N–H and O–H groups in total. The lowest BCUT2D eigenvalue weighted by Crippen LogP contribution is -1.83. The first-order valence-corrected chi connectivity index (χ1v) is 2.50. The molecule has 0 saturated heterocycles. The summed E-state index contributed by atoms with van der Waals surface area (Å²) >= 11 is 0. The van der Waals surface area contributed by atoms with E-state index < -0.39 is 0 Å². The zero-order valence-electron chi connectivity index (χ0n) is 5.47. The highest BCUT2D eigenvalue weighted by molar-refractivity contribution is 5.92. The Morgan fingerprint density at radius 1 is 1.38 bits per heavy atom. The van der Waals surface area contributed by atoms with Gasteiger partial charge in [0.2, 0.25) is 0 Å². The van der Waals surface area contributed by atoms with Crippen molar-refractivity contribution in [2.75, 3.05) is 0 Å². The van der Waals surface area contributed by atoms with Gasteiger partial charge in [0.05, 0.1) is 5.71 Å². The zero-order valence-corrected chi connectivity index (χ0v) is 5.47. The van der Waals surface area contributed by atoms with Crippen LogP contribution in [-0.4, -0.2) is 10.9 Å². The van der Waals surface area contributed by atoms with Crippen molar-refractivity contribution in [3.8, 4) is 0 Å². The van der Waals surface area contributed by atoms with Crippen LogP contribution in [0.25, 0.3) is 0 Å². The molecule has 0 aromatic heterocycles. The molecule has 8 heavy (non-hydrogen) atoms. The molecule has 0 unspecified atom stereocenters. The Morgan fingerprint density at radius 2 is 1.88 bits per heavy atom. The highest BCUT2D eigenvalue weighted by Crippen LogP contribution is 1.88. The van der Waals surface area contributed by atoms with Gasteiger partial charge in [-0.05, 0) is 26.8 Å². The van der Waals surface area contributed by atoms with E-state index in [-0.39, 0.29) is 0 Å². The molecule has 0 saturated carbocycles. The van der Waals surface area contributed by atoms with Gasteiger partial charge in [-0.25, -0.2) is 0 Å². The Morgan fingerprint density at radius 3 is 2.00 bits per heavy atom. The number of oxime groups is 1. The monoisotopic (exact) mass is 113 g/mol. The Balaban J connectivity index is 3.89. The molecule has 0 aliphatic heterocycles. The molecule has 0 heterocycles. The minimum absolute atomic E-state index is 0.644. The third-order valence-electron chi connectivity index (χ3n) is 0.655. The topological polar surface area (TPSA) is 32.6 Å². The molecule has 0 fully saturated rings. The van der Waals surface area contributed by atoms with Gasteiger partial charge in [0.25, 0.3) is 0 Å². The van der Waals surface area contributed by atoms with Crippen LogP contribution in [0.2, 0.25) is 0 Å². The molecule has 0 spiro atoms. The smallest absolute Gasteiger partial charge is 0.0764 e. The lowest BCUT2D eigenvalue weighted by Gasteiger charge is -1.86. The van der Waals surface area contributed by atoms with Crippen LogP contribution in [0.1, 0.15) is 20.8 Å². The van der Waals surface area contributed by atoms with Crippen molar-refractivity contribution in [3.05, 3.63) is 11.6 Å². The van der Waals surface area contributed by atoms with Crippen molar-refractivity contribution in [1.29, 1.82) is 0 Å². The summed E-state index contributed by atoms with van der Waals surface area (Å²) in [6, 6.07) is 0. The molecule has 0 aliphatic rings. The van der Waals surface area contributed by atoms with E-state index in [1.807, 2.05) is 13.8 Å². The van der Waals surface area contributed by atoms with Gasteiger partial charge in [0, 0.05) is 0 Å². The zero-order chi connectivity index (χ0) is 6.57. The summed E-state index contributed by atoms with van der Waals surface area (Å²) < 4.78 is 0. The highest BCUT2D eigenvalue weighted by atomic mass is 16.4. The minimum atomic E-state index is 0.644. The van der Waals surface area contributed by atoms with Crippen LogP contribution >= 0.6 is 0 Å². The first kappa shape index (κ1) is 7.21. The van der Waals surface area contributed by atoms with Gasteiger partial charge in [0.1, 0.15) is 0 Å². The average Bonchev–Trinajstić information content (AvgIpc) is 1.65. The van der Waals surface area contributed by atoms with E-state index in [0.29, 0.717) is 5.71 Å². The summed E-state index contributed by atoms with van der Waals surface area (Å²) in [5.41, 5.74) is 1.78. The van der Waals surface area contributed by atoms with E-state index in [1.54, 1.807) is 13.0 Å². The van der Waals surface area contributed by atoms with Crippen LogP contribution in [0, 0.1) is 0 Å². The number of allylic oxidation sites excluding steroid dienone is 2. The second-order valence-corrected chi connectivity index (χ2v) is 1.96. The summed E-state index contributed by atoms with van der Waals surface area (Å²) in [5.74, 6) is 0. The summed E-state index contributed by atoms with van der Waals surface area (Å²) in [6.07, 6.45) is 1.81. The van der Waals surface area contributed by atoms with Crippen LogP contribution in [0.5, 0.6) is 0 Å². The van der Waals surface area contributed by atoms with Crippen LogP contribution in [0.15, 0.2) is 16.8 Å². The lowest BCUT2D eigenvalue weighted by atomic mass is 10.3. The number of hydrogen-bond acceptors (Lipinski definition) is 2. The second-order valence-electron chi connectivity index (χ2n) is 1.96. The van der Waals surface area contributed by atoms with E-state index in [1.165, 1.54) is 0 Å². The Hall–Kier alpha value is -0.790. The maximum Gasteiger partial charge on any atom is 0.0764 e. The van der Waals surface area contributed by atoms with Gasteiger partial charge >= 0.3 is 0 Å². The molecule has 0 radical (unpaired) electrons. The quantitative estimate of drug-likeness (QED) is 0.314. The minimum Gasteiger partial charge on any atom is -0.411 e. The molecule has 0 aromatic rings. The SMILES string of the molecule is CC(C)=C/C(C)=N\O. The molecule has 0 amide bonds. The molecule has 0 aromatic carbocycles. The lowest BCUT2D eigenvalue weighted by molar-refractivity contribution is 0.319. The molecule has 2 nitrogen and oxygen atoms in total. The largest absolute Gasteiger partial charge is 0.411 e. The second kappa shape index (κ2) is 3.24. The summed E-state index contributed by atoms with van der Waals surface area (Å²) in [7, 11) is 0. The van der Waals surface area contributed by atoms with Crippen LogP contribution in [0.4, 0.5) is 0 Å².